The number of nitrogens with two attached hydrogens (primary N) is 1. The zero-order chi connectivity index (χ0) is 15.3. The fourth-order valence-corrected chi connectivity index (χ4v) is 3.62. The summed E-state index contributed by atoms with van der Waals surface area (Å²) in [7, 11) is -1.43. The Hall–Kier alpha value is -1.02. The van der Waals surface area contributed by atoms with Crippen LogP contribution < -0.4 is 10.5 Å². The number of pyridine rings is 1. The van der Waals surface area contributed by atoms with E-state index in [4.69, 9.17) is 5.73 Å². The summed E-state index contributed by atoms with van der Waals surface area (Å²) in [4.78, 5) is 6.44. The third-order valence-corrected chi connectivity index (χ3v) is 5.47. The Kier molecular flexibility index (Phi) is 5.69. The van der Waals surface area contributed by atoms with Crippen LogP contribution in [0.3, 0.4) is 0 Å². The molecular weight excluding hydrogens is 288 g/mol. The average Bonchev–Trinajstić information content (AvgIpc) is 3.01. The van der Waals surface area contributed by atoms with Crippen molar-refractivity contribution in [1.29, 1.82) is 0 Å². The van der Waals surface area contributed by atoms with Crippen molar-refractivity contribution in [1.82, 2.24) is 14.6 Å². The van der Waals surface area contributed by atoms with Crippen LogP contribution in [0.4, 0.5) is 0 Å². The summed E-state index contributed by atoms with van der Waals surface area (Å²) in [5.74, 6) is 0. The highest BCUT2D eigenvalue weighted by atomic mass is 32.2. The van der Waals surface area contributed by atoms with Crippen molar-refractivity contribution in [3.63, 3.8) is 0 Å². The smallest absolute Gasteiger partial charge is 0.242 e. The molecule has 7 heteroatoms. The molecule has 2 rings (SSSR count). The normalized spacial score (nSPS) is 16.7. The molecule has 1 heterocycles. The van der Waals surface area contributed by atoms with E-state index in [9.17, 15) is 8.42 Å². The van der Waals surface area contributed by atoms with E-state index >= 15 is 0 Å². The molecular formula is C14H24N4O2S. The number of hydrogen-bond acceptors (Lipinski definition) is 5. The number of nitrogens with one attached hydrogen (secondary N) is 1. The number of hydrogen-bond donors (Lipinski definition) is 2. The zero-order valence-corrected chi connectivity index (χ0v) is 13.3. The third kappa shape index (κ3) is 4.47. The summed E-state index contributed by atoms with van der Waals surface area (Å²) in [6, 6.07) is 3.78. The lowest BCUT2D eigenvalue weighted by molar-refractivity contribution is 0.250. The lowest BCUT2D eigenvalue weighted by Gasteiger charge is -2.23. The Morgan fingerprint density at radius 3 is 2.67 bits per heavy atom. The monoisotopic (exact) mass is 312 g/mol. The van der Waals surface area contributed by atoms with Crippen LogP contribution in [0.25, 0.3) is 0 Å². The van der Waals surface area contributed by atoms with Gasteiger partial charge in [-0.2, -0.15) is 0 Å². The van der Waals surface area contributed by atoms with Gasteiger partial charge in [0, 0.05) is 31.9 Å². The van der Waals surface area contributed by atoms with E-state index in [2.05, 4.69) is 21.7 Å². The third-order valence-electron chi connectivity index (χ3n) is 4.02. The van der Waals surface area contributed by atoms with Crippen molar-refractivity contribution >= 4 is 10.0 Å². The molecule has 0 amide bonds. The van der Waals surface area contributed by atoms with Crippen LogP contribution in [0.1, 0.15) is 31.4 Å². The first-order valence-electron chi connectivity index (χ1n) is 7.38. The van der Waals surface area contributed by atoms with Gasteiger partial charge >= 0.3 is 0 Å². The lowest BCUT2D eigenvalue weighted by Crippen LogP contribution is -2.37. The Morgan fingerprint density at radius 2 is 2.10 bits per heavy atom. The van der Waals surface area contributed by atoms with Gasteiger partial charge in [-0.1, -0.05) is 12.8 Å². The van der Waals surface area contributed by atoms with E-state index < -0.39 is 10.0 Å². The van der Waals surface area contributed by atoms with Gasteiger partial charge in [-0.25, -0.2) is 13.1 Å². The minimum absolute atomic E-state index is 0.184. The van der Waals surface area contributed by atoms with Gasteiger partial charge in [0.2, 0.25) is 10.0 Å². The number of likely N-dealkylation sites (N-methyl/N-ethyl adjacent to an activating group) is 1. The number of rotatable bonds is 7. The second kappa shape index (κ2) is 7.31. The van der Waals surface area contributed by atoms with Gasteiger partial charge in [-0.05, 0) is 32.0 Å². The van der Waals surface area contributed by atoms with E-state index in [1.54, 1.807) is 6.07 Å². The fraction of sp³-hybridized carbons (Fsp3) is 0.643. The van der Waals surface area contributed by atoms with Crippen molar-refractivity contribution in [2.75, 3.05) is 20.1 Å². The Bertz CT molecular complexity index is 539. The van der Waals surface area contributed by atoms with Gasteiger partial charge in [-0.3, -0.25) is 4.98 Å². The standard InChI is InChI=1S/C14H24N4O2S/c1-18(13-4-2-3-5-13)9-8-17-21(19,20)14-7-6-12(10-15)16-11-14/h6-7,11,13,17H,2-5,8-10,15H2,1H3. The van der Waals surface area contributed by atoms with Crippen LogP contribution in [-0.4, -0.2) is 44.5 Å². The maximum atomic E-state index is 12.1. The molecule has 1 aliphatic rings. The molecule has 0 radical (unpaired) electrons. The van der Waals surface area contributed by atoms with E-state index in [0.29, 0.717) is 24.8 Å². The summed E-state index contributed by atoms with van der Waals surface area (Å²) in [5, 5.41) is 0. The molecule has 0 atom stereocenters. The predicted octanol–water partition coefficient (Wildman–Crippen LogP) is 0.693. The Balaban J connectivity index is 1.85. The summed E-state index contributed by atoms with van der Waals surface area (Å²) < 4.78 is 26.9. The van der Waals surface area contributed by atoms with Crippen LogP contribution in [0, 0.1) is 0 Å². The molecule has 1 aliphatic carbocycles. The number of aromatic nitrogens is 1. The van der Waals surface area contributed by atoms with Gasteiger partial charge in [-0.15, -0.1) is 0 Å². The topological polar surface area (TPSA) is 88.3 Å². The average molecular weight is 312 g/mol. The summed E-state index contributed by atoms with van der Waals surface area (Å²) in [6.45, 7) is 1.44. The molecule has 0 spiro atoms. The van der Waals surface area contributed by atoms with Crippen molar-refractivity contribution in [2.45, 2.75) is 43.2 Å². The molecule has 0 bridgehead atoms. The summed E-state index contributed by atoms with van der Waals surface area (Å²) in [5.41, 5.74) is 6.12. The zero-order valence-electron chi connectivity index (χ0n) is 12.5. The molecule has 0 aliphatic heterocycles. The Morgan fingerprint density at radius 1 is 1.38 bits per heavy atom. The predicted molar refractivity (Wildman–Crippen MR) is 82.2 cm³/mol. The first kappa shape index (κ1) is 16.4. The summed E-state index contributed by atoms with van der Waals surface area (Å²) in [6.07, 6.45) is 6.34. The van der Waals surface area contributed by atoms with Gasteiger partial charge in [0.15, 0.2) is 0 Å². The van der Waals surface area contributed by atoms with Crippen molar-refractivity contribution in [2.24, 2.45) is 5.73 Å². The second-order valence-corrected chi connectivity index (χ2v) is 7.27. The van der Waals surface area contributed by atoms with E-state index in [1.807, 2.05) is 0 Å². The van der Waals surface area contributed by atoms with Crippen molar-refractivity contribution in [3.8, 4) is 0 Å². The van der Waals surface area contributed by atoms with Gasteiger partial charge < -0.3 is 10.6 Å². The quantitative estimate of drug-likeness (QED) is 0.773. The summed E-state index contributed by atoms with van der Waals surface area (Å²) >= 11 is 0. The van der Waals surface area contributed by atoms with E-state index in [1.165, 1.54) is 37.9 Å². The van der Waals surface area contributed by atoms with Crippen LogP contribution in [0.5, 0.6) is 0 Å². The minimum atomic E-state index is -3.48. The van der Waals surface area contributed by atoms with Crippen LogP contribution in [-0.2, 0) is 16.6 Å². The minimum Gasteiger partial charge on any atom is -0.325 e. The highest BCUT2D eigenvalue weighted by Crippen LogP contribution is 2.21. The fourth-order valence-electron chi connectivity index (χ4n) is 2.66. The van der Waals surface area contributed by atoms with Crippen molar-refractivity contribution < 1.29 is 8.42 Å². The molecule has 0 unspecified atom stereocenters. The molecule has 21 heavy (non-hydrogen) atoms. The van der Waals surface area contributed by atoms with Crippen LogP contribution in [0.15, 0.2) is 23.2 Å². The first-order chi connectivity index (χ1) is 10.0. The van der Waals surface area contributed by atoms with E-state index in [0.717, 1.165) is 6.54 Å². The largest absolute Gasteiger partial charge is 0.325 e. The molecule has 3 N–H and O–H groups in total. The molecule has 1 aromatic rings. The maximum absolute atomic E-state index is 12.1. The van der Waals surface area contributed by atoms with Crippen molar-refractivity contribution in [3.05, 3.63) is 24.0 Å². The lowest BCUT2D eigenvalue weighted by atomic mass is 10.2. The highest BCUT2D eigenvalue weighted by molar-refractivity contribution is 7.89. The highest BCUT2D eigenvalue weighted by Gasteiger charge is 2.20. The second-order valence-electron chi connectivity index (χ2n) is 5.51. The van der Waals surface area contributed by atoms with E-state index in [-0.39, 0.29) is 4.90 Å². The maximum Gasteiger partial charge on any atom is 0.242 e. The van der Waals surface area contributed by atoms with Gasteiger partial charge in [0.1, 0.15) is 4.90 Å². The molecule has 1 aromatic heterocycles. The Labute approximate surface area is 126 Å². The molecule has 0 saturated heterocycles. The van der Waals surface area contributed by atoms with Gasteiger partial charge in [0.25, 0.3) is 0 Å². The molecule has 0 aromatic carbocycles. The number of sulfonamides is 1. The van der Waals surface area contributed by atoms with Crippen LogP contribution >= 0.6 is 0 Å². The first-order valence-corrected chi connectivity index (χ1v) is 8.86. The molecule has 1 fully saturated rings. The SMILES string of the molecule is CN(CCNS(=O)(=O)c1ccc(CN)nc1)C1CCCC1. The number of nitrogens with zero attached hydrogens (tertiary/aromatic N) is 2. The van der Waals surface area contributed by atoms with Crippen LogP contribution in [0.2, 0.25) is 0 Å². The molecule has 6 nitrogen and oxygen atoms in total. The van der Waals surface area contributed by atoms with Gasteiger partial charge in [0.05, 0.1) is 5.69 Å². The molecule has 1 saturated carbocycles. The molecule has 118 valence electrons.